The van der Waals surface area contributed by atoms with Gasteiger partial charge in [0.1, 0.15) is 0 Å². The number of para-hydroxylation sites is 1. The number of sulfonamides is 1. The maximum Gasteiger partial charge on any atom is 0.261 e. The number of nitrogens with one attached hydrogen (secondary N) is 1. The molecule has 0 atom stereocenters. The number of carbonyl (C=O) groups excluding carboxylic acids is 1. The van der Waals surface area contributed by atoms with Crippen LogP contribution in [0.3, 0.4) is 0 Å². The first-order valence-corrected chi connectivity index (χ1v) is 11.2. The highest BCUT2D eigenvalue weighted by Gasteiger charge is 2.16. The van der Waals surface area contributed by atoms with Crippen LogP contribution in [0.4, 0.5) is 5.69 Å². The van der Waals surface area contributed by atoms with Crippen LogP contribution in [0.5, 0.6) is 0 Å². The van der Waals surface area contributed by atoms with E-state index in [1.807, 2.05) is 4.90 Å². The van der Waals surface area contributed by atoms with Crippen LogP contribution in [-0.4, -0.2) is 32.3 Å². The van der Waals surface area contributed by atoms with E-state index in [2.05, 4.69) is 4.72 Å². The number of anilines is 1. The summed E-state index contributed by atoms with van der Waals surface area (Å²) in [7, 11) is -3.74. The molecule has 0 saturated carbocycles. The van der Waals surface area contributed by atoms with E-state index in [4.69, 9.17) is 11.6 Å². The molecule has 1 N–H and O–H groups in total. The van der Waals surface area contributed by atoms with Crippen LogP contribution in [0.15, 0.2) is 59.5 Å². The van der Waals surface area contributed by atoms with Gasteiger partial charge in [-0.25, -0.2) is 8.42 Å². The minimum absolute atomic E-state index is 0.000941. The molecule has 0 spiro atoms. The number of benzene rings is 2. The van der Waals surface area contributed by atoms with E-state index < -0.39 is 10.0 Å². The Balaban J connectivity index is 1.67. The van der Waals surface area contributed by atoms with E-state index in [1.165, 1.54) is 25.0 Å². The van der Waals surface area contributed by atoms with E-state index in [0.29, 0.717) is 10.7 Å². The zero-order chi connectivity index (χ0) is 20.0. The molecule has 0 aromatic heterocycles. The summed E-state index contributed by atoms with van der Waals surface area (Å²) >= 11 is 6.02. The van der Waals surface area contributed by atoms with Crippen molar-refractivity contribution in [2.75, 3.05) is 17.8 Å². The predicted octanol–water partition coefficient (Wildman–Crippen LogP) is 4.56. The third-order valence-corrected chi connectivity index (χ3v) is 6.36. The van der Waals surface area contributed by atoms with Gasteiger partial charge in [0.2, 0.25) is 5.91 Å². The van der Waals surface area contributed by atoms with Crippen molar-refractivity contribution in [3.05, 3.63) is 65.2 Å². The molecule has 1 amide bonds. The average molecular weight is 419 g/mol. The van der Waals surface area contributed by atoms with E-state index in [9.17, 15) is 13.2 Å². The lowest BCUT2D eigenvalue weighted by molar-refractivity contribution is -0.125. The Morgan fingerprint density at radius 3 is 2.25 bits per heavy atom. The molecule has 7 heteroatoms. The lowest BCUT2D eigenvalue weighted by atomic mass is 10.2. The first-order valence-electron chi connectivity index (χ1n) is 9.30. The summed E-state index contributed by atoms with van der Waals surface area (Å²) in [5, 5.41) is 0.331. The Hall–Kier alpha value is -2.31. The molecule has 28 heavy (non-hydrogen) atoms. The molecule has 0 bridgehead atoms. The Morgan fingerprint density at radius 2 is 1.61 bits per heavy atom. The lowest BCUT2D eigenvalue weighted by Crippen LogP contribution is -2.30. The van der Waals surface area contributed by atoms with Crippen molar-refractivity contribution in [2.45, 2.75) is 30.6 Å². The largest absolute Gasteiger partial charge is 0.339 e. The minimum atomic E-state index is -3.74. The van der Waals surface area contributed by atoms with Crippen molar-refractivity contribution in [2.24, 2.45) is 0 Å². The van der Waals surface area contributed by atoms with Crippen molar-refractivity contribution in [3.8, 4) is 0 Å². The van der Waals surface area contributed by atoms with Crippen LogP contribution in [0.1, 0.15) is 31.2 Å². The molecule has 1 heterocycles. The molecule has 148 valence electrons. The van der Waals surface area contributed by atoms with Gasteiger partial charge >= 0.3 is 0 Å². The van der Waals surface area contributed by atoms with Gasteiger partial charge in [-0.2, -0.15) is 0 Å². The highest BCUT2D eigenvalue weighted by atomic mass is 35.5. The molecule has 2 aromatic carbocycles. The number of amides is 1. The van der Waals surface area contributed by atoms with Gasteiger partial charge in [-0.3, -0.25) is 9.52 Å². The van der Waals surface area contributed by atoms with Crippen molar-refractivity contribution < 1.29 is 13.2 Å². The van der Waals surface area contributed by atoms with Crippen LogP contribution in [-0.2, 0) is 14.8 Å². The zero-order valence-electron chi connectivity index (χ0n) is 15.5. The molecule has 0 aliphatic carbocycles. The first-order chi connectivity index (χ1) is 13.5. The van der Waals surface area contributed by atoms with E-state index in [1.54, 1.807) is 48.6 Å². The summed E-state index contributed by atoms with van der Waals surface area (Å²) < 4.78 is 27.5. The van der Waals surface area contributed by atoms with Gasteiger partial charge < -0.3 is 4.90 Å². The summed E-state index contributed by atoms with van der Waals surface area (Å²) in [6, 6.07) is 13.0. The van der Waals surface area contributed by atoms with Crippen LogP contribution >= 0.6 is 11.6 Å². The normalized spacial score (nSPS) is 15.4. The highest BCUT2D eigenvalue weighted by Crippen LogP contribution is 2.24. The Kier molecular flexibility index (Phi) is 6.75. The third kappa shape index (κ3) is 5.36. The summed E-state index contributed by atoms with van der Waals surface area (Å²) in [4.78, 5) is 14.3. The van der Waals surface area contributed by atoms with Gasteiger partial charge in [0.25, 0.3) is 10.0 Å². The fourth-order valence-electron chi connectivity index (χ4n) is 3.07. The van der Waals surface area contributed by atoms with Crippen molar-refractivity contribution in [1.29, 1.82) is 0 Å². The fourth-order valence-corrected chi connectivity index (χ4v) is 4.39. The molecule has 1 aliphatic heterocycles. The van der Waals surface area contributed by atoms with Gasteiger partial charge in [0, 0.05) is 19.2 Å². The van der Waals surface area contributed by atoms with Crippen molar-refractivity contribution >= 4 is 39.3 Å². The molecule has 1 saturated heterocycles. The Labute approximate surface area is 171 Å². The maximum atomic E-state index is 12.5. The van der Waals surface area contributed by atoms with Crippen LogP contribution in [0.2, 0.25) is 5.02 Å². The van der Waals surface area contributed by atoms with Crippen molar-refractivity contribution in [1.82, 2.24) is 4.90 Å². The van der Waals surface area contributed by atoms with E-state index >= 15 is 0 Å². The first kappa shape index (κ1) is 20.4. The molecule has 2 aromatic rings. The topological polar surface area (TPSA) is 66.5 Å². The molecular formula is C21H23ClN2O3S. The quantitative estimate of drug-likeness (QED) is 0.724. The number of nitrogens with zero attached hydrogens (tertiary/aromatic N) is 1. The number of hydrogen-bond acceptors (Lipinski definition) is 3. The Morgan fingerprint density at radius 1 is 0.964 bits per heavy atom. The summed E-state index contributed by atoms with van der Waals surface area (Å²) in [6.45, 7) is 1.60. The number of likely N-dealkylation sites (tertiary alicyclic amines) is 1. The molecule has 1 aliphatic rings. The Bertz CT molecular complexity index is 948. The summed E-state index contributed by atoms with van der Waals surface area (Å²) in [5.74, 6) is -0.000941. The smallest absolute Gasteiger partial charge is 0.261 e. The molecule has 3 rings (SSSR count). The van der Waals surface area contributed by atoms with Gasteiger partial charge in [-0.15, -0.1) is 0 Å². The van der Waals surface area contributed by atoms with Crippen LogP contribution in [0, 0.1) is 0 Å². The van der Waals surface area contributed by atoms with Gasteiger partial charge in [-0.1, -0.05) is 48.7 Å². The highest BCUT2D eigenvalue weighted by molar-refractivity contribution is 7.92. The molecular weight excluding hydrogens is 396 g/mol. The van der Waals surface area contributed by atoms with Gasteiger partial charge in [-0.05, 0) is 48.7 Å². The van der Waals surface area contributed by atoms with Gasteiger partial charge in [0.05, 0.1) is 15.6 Å². The summed E-state index contributed by atoms with van der Waals surface area (Å²) in [5.41, 5.74) is 1.09. The molecule has 0 unspecified atom stereocenters. The van der Waals surface area contributed by atoms with Crippen molar-refractivity contribution in [3.63, 3.8) is 0 Å². The molecule has 0 radical (unpaired) electrons. The van der Waals surface area contributed by atoms with E-state index in [0.717, 1.165) is 31.5 Å². The maximum absolute atomic E-state index is 12.5. The predicted molar refractivity (Wildman–Crippen MR) is 113 cm³/mol. The zero-order valence-corrected chi connectivity index (χ0v) is 17.0. The third-order valence-electron chi connectivity index (χ3n) is 4.64. The standard InChI is InChI=1S/C21H23ClN2O3S/c22-19-7-3-4-8-20(19)23-28(26,27)18-12-9-17(10-13-18)11-14-21(25)24-15-5-1-2-6-16-24/h3-4,7-14,23H,1-2,5-6,15-16H2/b14-11+. The molecule has 1 fully saturated rings. The summed E-state index contributed by atoms with van der Waals surface area (Å²) in [6.07, 6.45) is 7.70. The minimum Gasteiger partial charge on any atom is -0.339 e. The van der Waals surface area contributed by atoms with Crippen LogP contribution < -0.4 is 4.72 Å². The lowest BCUT2D eigenvalue weighted by Gasteiger charge is -2.17. The van der Waals surface area contributed by atoms with Gasteiger partial charge in [0.15, 0.2) is 0 Å². The number of halogens is 1. The monoisotopic (exact) mass is 418 g/mol. The molecule has 5 nitrogen and oxygen atoms in total. The average Bonchev–Trinajstić information content (AvgIpc) is 2.98. The second kappa shape index (κ2) is 9.26. The number of rotatable bonds is 5. The number of carbonyl (C=O) groups is 1. The second-order valence-electron chi connectivity index (χ2n) is 6.73. The van der Waals surface area contributed by atoms with Crippen LogP contribution in [0.25, 0.3) is 6.08 Å². The second-order valence-corrected chi connectivity index (χ2v) is 8.82. The SMILES string of the molecule is O=C(/C=C/c1ccc(S(=O)(=O)Nc2ccccc2Cl)cc1)N1CCCCCC1. The van der Waals surface area contributed by atoms with E-state index in [-0.39, 0.29) is 10.8 Å². The fraction of sp³-hybridized carbons (Fsp3) is 0.286. The number of hydrogen-bond donors (Lipinski definition) is 1.